The minimum atomic E-state index is 0. The van der Waals surface area contributed by atoms with Crippen LogP contribution in [0.5, 0.6) is 0 Å². The highest BCUT2D eigenvalue weighted by atomic mass is 16.5. The van der Waals surface area contributed by atoms with Gasteiger partial charge in [-0.25, -0.2) is 0 Å². The Kier molecular flexibility index (Phi) is 8.20. The summed E-state index contributed by atoms with van der Waals surface area (Å²) in [6, 6.07) is 0.683. The second-order valence-corrected chi connectivity index (χ2v) is 3.96. The summed E-state index contributed by atoms with van der Waals surface area (Å²) in [6.07, 6.45) is 7.14. The summed E-state index contributed by atoms with van der Waals surface area (Å²) in [4.78, 5) is 0. The highest BCUT2D eigenvalue weighted by Crippen LogP contribution is 2.22. The van der Waals surface area contributed by atoms with E-state index in [9.17, 15) is 0 Å². The lowest BCUT2D eigenvalue weighted by atomic mass is 9.92. The molecule has 1 aliphatic carbocycles. The van der Waals surface area contributed by atoms with Gasteiger partial charge in [0, 0.05) is 12.6 Å². The van der Waals surface area contributed by atoms with Gasteiger partial charge in [-0.2, -0.15) is 0 Å². The normalized spacial score (nSPS) is 30.4. The Hall–Kier alpha value is -0.0800. The third-order valence-electron chi connectivity index (χ3n) is 2.54. The molecule has 0 bridgehead atoms. The number of nitrogens with one attached hydrogen (secondary N) is 1. The second-order valence-electron chi connectivity index (χ2n) is 3.96. The van der Waals surface area contributed by atoms with Crippen molar-refractivity contribution in [2.24, 2.45) is 0 Å². The fraction of sp³-hybridized carbons (Fsp3) is 1.00. The van der Waals surface area contributed by atoms with Gasteiger partial charge in [0.05, 0.1) is 12.7 Å². The van der Waals surface area contributed by atoms with Crippen molar-refractivity contribution < 1.29 is 4.74 Å². The topological polar surface area (TPSA) is 21.3 Å². The van der Waals surface area contributed by atoms with E-state index in [2.05, 4.69) is 19.2 Å². The molecule has 0 amide bonds. The molecule has 1 heterocycles. The number of fused-ring (bicyclic) bond motifs is 1. The largest absolute Gasteiger partial charge is 0.375 e. The molecule has 1 saturated heterocycles. The fourth-order valence-electron chi connectivity index (χ4n) is 1.98. The summed E-state index contributed by atoms with van der Waals surface area (Å²) < 4.78 is 5.62. The van der Waals surface area contributed by atoms with E-state index >= 15 is 0 Å². The molecule has 0 aromatic carbocycles. The van der Waals surface area contributed by atoms with Gasteiger partial charge in [-0.15, -0.1) is 0 Å². The second kappa shape index (κ2) is 8.25. The Morgan fingerprint density at radius 3 is 2.50 bits per heavy atom. The van der Waals surface area contributed by atoms with Crippen molar-refractivity contribution >= 4 is 0 Å². The van der Waals surface area contributed by atoms with Crippen molar-refractivity contribution in [2.45, 2.75) is 65.5 Å². The molecule has 0 aromatic heterocycles. The smallest absolute Gasteiger partial charge is 0.0728 e. The lowest BCUT2D eigenvalue weighted by Gasteiger charge is -2.36. The first kappa shape index (κ1) is 13.9. The van der Waals surface area contributed by atoms with Gasteiger partial charge < -0.3 is 10.1 Å². The number of hydrogen-bond acceptors (Lipinski definition) is 2. The lowest BCUT2D eigenvalue weighted by molar-refractivity contribution is -0.0235. The van der Waals surface area contributed by atoms with Crippen molar-refractivity contribution in [3.63, 3.8) is 0 Å². The standard InChI is InChI=1S/C8H15NO.C3H8.CH4/c1-2-4-8-7(3-1)9-5-6-10-8;1-3-2;/h7-9H,1-6H2;3H2,1-2H3;1H4/t7-,8-;;/m1../s1. The maximum atomic E-state index is 5.62. The Labute approximate surface area is 89.4 Å². The maximum absolute atomic E-state index is 5.62. The summed E-state index contributed by atoms with van der Waals surface area (Å²) in [5, 5.41) is 3.50. The van der Waals surface area contributed by atoms with Gasteiger partial charge in [-0.1, -0.05) is 40.5 Å². The van der Waals surface area contributed by atoms with Gasteiger partial charge in [0.25, 0.3) is 0 Å². The molecular weight excluding hydrogens is 174 g/mol. The molecular formula is C12H27NO. The Balaban J connectivity index is 0.000000381. The van der Waals surface area contributed by atoms with Crippen LogP contribution in [-0.2, 0) is 4.74 Å². The van der Waals surface area contributed by atoms with Gasteiger partial charge >= 0.3 is 0 Å². The summed E-state index contributed by atoms with van der Waals surface area (Å²) in [7, 11) is 0. The van der Waals surface area contributed by atoms with E-state index < -0.39 is 0 Å². The van der Waals surface area contributed by atoms with Gasteiger partial charge in [-0.3, -0.25) is 0 Å². The fourth-order valence-corrected chi connectivity index (χ4v) is 1.98. The van der Waals surface area contributed by atoms with Crippen LogP contribution in [0.15, 0.2) is 0 Å². The molecule has 2 atom stereocenters. The van der Waals surface area contributed by atoms with E-state index in [0.29, 0.717) is 12.1 Å². The zero-order valence-electron chi connectivity index (χ0n) is 9.01. The van der Waals surface area contributed by atoms with Crippen LogP contribution in [-0.4, -0.2) is 25.3 Å². The molecule has 86 valence electrons. The van der Waals surface area contributed by atoms with Crippen LogP contribution in [0.1, 0.15) is 53.4 Å². The number of morpholine rings is 1. The first-order chi connectivity index (χ1) is 6.38. The summed E-state index contributed by atoms with van der Waals surface area (Å²) in [5.74, 6) is 0. The van der Waals surface area contributed by atoms with Crippen LogP contribution < -0.4 is 5.32 Å². The zero-order chi connectivity index (χ0) is 9.52. The van der Waals surface area contributed by atoms with E-state index in [4.69, 9.17) is 4.74 Å². The van der Waals surface area contributed by atoms with Gasteiger partial charge in [0.2, 0.25) is 0 Å². The molecule has 1 aliphatic heterocycles. The van der Waals surface area contributed by atoms with E-state index in [0.717, 1.165) is 13.2 Å². The molecule has 2 aliphatic rings. The first-order valence-electron chi connectivity index (χ1n) is 5.73. The van der Waals surface area contributed by atoms with E-state index in [1.54, 1.807) is 0 Å². The monoisotopic (exact) mass is 201 g/mol. The molecule has 2 heteroatoms. The minimum absolute atomic E-state index is 0. The predicted octanol–water partition coefficient (Wildman–Crippen LogP) is 2.97. The maximum Gasteiger partial charge on any atom is 0.0728 e. The van der Waals surface area contributed by atoms with Crippen molar-refractivity contribution in [1.29, 1.82) is 0 Å². The van der Waals surface area contributed by atoms with E-state index in [1.165, 1.54) is 32.1 Å². The molecule has 0 radical (unpaired) electrons. The Morgan fingerprint density at radius 1 is 1.21 bits per heavy atom. The first-order valence-corrected chi connectivity index (χ1v) is 5.73. The highest BCUT2D eigenvalue weighted by Gasteiger charge is 2.27. The van der Waals surface area contributed by atoms with Crippen molar-refractivity contribution in [3.8, 4) is 0 Å². The predicted molar refractivity (Wildman–Crippen MR) is 62.7 cm³/mol. The lowest BCUT2D eigenvalue weighted by Crippen LogP contribution is -2.49. The average Bonchev–Trinajstić information content (AvgIpc) is 2.19. The minimum Gasteiger partial charge on any atom is -0.375 e. The summed E-state index contributed by atoms with van der Waals surface area (Å²) in [6.45, 7) is 6.22. The molecule has 2 rings (SSSR count). The zero-order valence-corrected chi connectivity index (χ0v) is 9.01. The molecule has 2 nitrogen and oxygen atoms in total. The molecule has 14 heavy (non-hydrogen) atoms. The van der Waals surface area contributed by atoms with Gasteiger partial charge in [0.15, 0.2) is 0 Å². The third kappa shape index (κ3) is 4.43. The Morgan fingerprint density at radius 2 is 1.86 bits per heavy atom. The summed E-state index contributed by atoms with van der Waals surface area (Å²) in [5.41, 5.74) is 0. The van der Waals surface area contributed by atoms with Crippen LogP contribution in [0, 0.1) is 0 Å². The van der Waals surface area contributed by atoms with Crippen LogP contribution in [0.25, 0.3) is 0 Å². The SMILES string of the molecule is C.C1CC[C@H]2OCCN[C@@H]2C1.CCC. The van der Waals surface area contributed by atoms with Crippen molar-refractivity contribution in [2.75, 3.05) is 13.2 Å². The molecule has 0 spiro atoms. The van der Waals surface area contributed by atoms with Gasteiger partial charge in [-0.05, 0) is 12.8 Å². The molecule has 2 fully saturated rings. The molecule has 0 unspecified atom stereocenters. The van der Waals surface area contributed by atoms with Gasteiger partial charge in [0.1, 0.15) is 0 Å². The highest BCUT2D eigenvalue weighted by molar-refractivity contribution is 4.84. The van der Waals surface area contributed by atoms with Crippen LogP contribution in [0.4, 0.5) is 0 Å². The molecule has 0 aromatic rings. The third-order valence-corrected chi connectivity index (χ3v) is 2.54. The van der Waals surface area contributed by atoms with Crippen LogP contribution in [0.3, 0.4) is 0 Å². The summed E-state index contributed by atoms with van der Waals surface area (Å²) >= 11 is 0. The molecule has 1 saturated carbocycles. The quantitative estimate of drug-likeness (QED) is 0.650. The van der Waals surface area contributed by atoms with Crippen LogP contribution >= 0.6 is 0 Å². The Bertz CT molecular complexity index is 101. The number of rotatable bonds is 0. The van der Waals surface area contributed by atoms with E-state index in [1.807, 2.05) is 0 Å². The average molecular weight is 201 g/mol. The number of ether oxygens (including phenoxy) is 1. The van der Waals surface area contributed by atoms with Crippen LogP contribution in [0.2, 0.25) is 0 Å². The van der Waals surface area contributed by atoms with Crippen molar-refractivity contribution in [3.05, 3.63) is 0 Å². The molecule has 1 N–H and O–H groups in total. The number of hydrogen-bond donors (Lipinski definition) is 1. The van der Waals surface area contributed by atoms with E-state index in [-0.39, 0.29) is 7.43 Å². The van der Waals surface area contributed by atoms with Crippen molar-refractivity contribution in [1.82, 2.24) is 5.32 Å².